The number of phenolic OH excluding ortho intramolecular Hbond substituents is 1. The lowest BCUT2D eigenvalue weighted by atomic mass is 9.91. The zero-order chi connectivity index (χ0) is 32.2. The van der Waals surface area contributed by atoms with Gasteiger partial charge in [0.05, 0.1) is 16.3 Å². The van der Waals surface area contributed by atoms with Crippen molar-refractivity contribution in [2.24, 2.45) is 28.0 Å². The number of nitrogens with zero attached hydrogens (tertiary/aromatic N) is 3. The largest absolute Gasteiger partial charge is 0.507 e. The van der Waals surface area contributed by atoms with Crippen molar-refractivity contribution in [3.05, 3.63) is 80.9 Å². The number of azo groups is 1. The van der Waals surface area contributed by atoms with Crippen LogP contribution in [0.25, 0.3) is 10.8 Å². The summed E-state index contributed by atoms with van der Waals surface area (Å²) in [6.07, 6.45) is 14.4. The van der Waals surface area contributed by atoms with Gasteiger partial charge in [0, 0.05) is 28.5 Å². The Balaban J connectivity index is 1.63. The first-order valence-corrected chi connectivity index (χ1v) is 16.5. The van der Waals surface area contributed by atoms with Gasteiger partial charge in [0.2, 0.25) is 0 Å². The van der Waals surface area contributed by atoms with Gasteiger partial charge in [0.25, 0.3) is 5.69 Å². The van der Waals surface area contributed by atoms with Crippen LogP contribution >= 0.6 is 0 Å². The van der Waals surface area contributed by atoms with Gasteiger partial charge in [-0.15, -0.1) is 5.11 Å². The molecule has 2 unspecified atom stereocenters. The molecular formula is C38H53N3O3. The van der Waals surface area contributed by atoms with Crippen LogP contribution in [0.2, 0.25) is 0 Å². The Morgan fingerprint density at radius 2 is 1.50 bits per heavy atom. The van der Waals surface area contributed by atoms with Crippen LogP contribution in [0.5, 0.6) is 5.75 Å². The summed E-state index contributed by atoms with van der Waals surface area (Å²) in [7, 11) is 0. The molecule has 0 fully saturated rings. The van der Waals surface area contributed by atoms with E-state index < -0.39 is 4.92 Å². The van der Waals surface area contributed by atoms with Gasteiger partial charge in [-0.05, 0) is 75.0 Å². The Morgan fingerprint density at radius 3 is 2.11 bits per heavy atom. The van der Waals surface area contributed by atoms with Gasteiger partial charge in [0.15, 0.2) is 0 Å². The summed E-state index contributed by atoms with van der Waals surface area (Å²) in [6, 6.07) is 12.3. The molecule has 2 atom stereocenters. The molecule has 6 heteroatoms. The van der Waals surface area contributed by atoms with Gasteiger partial charge in [-0.1, -0.05) is 109 Å². The van der Waals surface area contributed by atoms with Gasteiger partial charge in [-0.2, -0.15) is 5.11 Å². The highest BCUT2D eigenvalue weighted by molar-refractivity contribution is 5.99. The molecule has 238 valence electrons. The molecule has 0 saturated carbocycles. The molecule has 0 bridgehead atoms. The highest BCUT2D eigenvalue weighted by Crippen LogP contribution is 2.41. The standard InChI is InChI=1S/C38H53N3O3/c1-26(2)13-10-14-27(3)15-11-16-28(4)17-12-18-29(5)21-23-33-31(7)37(34-19-8-9-20-35(34)38(33)42)40-39-36-24-22-32(41(43)44)25-30(36)6/h8-9,19-22,24-28,42H,10-18,23H2,1-7H3/b29-21+,40-39+. The summed E-state index contributed by atoms with van der Waals surface area (Å²) in [4.78, 5) is 10.7. The van der Waals surface area contributed by atoms with Gasteiger partial charge < -0.3 is 5.11 Å². The van der Waals surface area contributed by atoms with E-state index >= 15 is 0 Å². The summed E-state index contributed by atoms with van der Waals surface area (Å²) in [6.45, 7) is 15.4. The maximum Gasteiger partial charge on any atom is 0.269 e. The number of nitro benzene ring substituents is 1. The third-order valence-corrected chi connectivity index (χ3v) is 8.97. The lowest BCUT2D eigenvalue weighted by Crippen LogP contribution is -2.00. The van der Waals surface area contributed by atoms with E-state index in [-0.39, 0.29) is 5.69 Å². The monoisotopic (exact) mass is 599 g/mol. The molecule has 0 aliphatic rings. The van der Waals surface area contributed by atoms with Crippen molar-refractivity contribution in [2.75, 3.05) is 0 Å². The average Bonchev–Trinajstić information content (AvgIpc) is 2.97. The second kappa shape index (κ2) is 17.1. The molecule has 0 heterocycles. The van der Waals surface area contributed by atoms with Crippen molar-refractivity contribution in [2.45, 2.75) is 113 Å². The molecule has 0 aromatic heterocycles. The van der Waals surface area contributed by atoms with Crippen LogP contribution in [-0.4, -0.2) is 10.0 Å². The van der Waals surface area contributed by atoms with Crippen molar-refractivity contribution < 1.29 is 10.0 Å². The average molecular weight is 600 g/mol. The maximum atomic E-state index is 11.3. The summed E-state index contributed by atoms with van der Waals surface area (Å²) in [5.74, 6) is 2.70. The molecule has 3 aromatic carbocycles. The van der Waals surface area contributed by atoms with E-state index in [1.807, 2.05) is 31.2 Å². The predicted octanol–water partition coefficient (Wildman–Crippen LogP) is 12.4. The van der Waals surface area contributed by atoms with Crippen molar-refractivity contribution >= 4 is 27.8 Å². The smallest absolute Gasteiger partial charge is 0.269 e. The number of aryl methyl sites for hydroxylation is 1. The van der Waals surface area contributed by atoms with Crippen LogP contribution < -0.4 is 0 Å². The summed E-state index contributed by atoms with van der Waals surface area (Å²) >= 11 is 0. The zero-order valence-electron chi connectivity index (χ0n) is 28.0. The van der Waals surface area contributed by atoms with E-state index in [1.54, 1.807) is 13.0 Å². The Bertz CT molecular complexity index is 1460. The first-order valence-electron chi connectivity index (χ1n) is 16.5. The number of aromatic hydroxyl groups is 1. The van der Waals surface area contributed by atoms with Crippen molar-refractivity contribution in [1.82, 2.24) is 0 Å². The lowest BCUT2D eigenvalue weighted by Gasteiger charge is -2.15. The Morgan fingerprint density at radius 1 is 0.886 bits per heavy atom. The zero-order valence-corrected chi connectivity index (χ0v) is 28.0. The van der Waals surface area contributed by atoms with Crippen molar-refractivity contribution in [3.63, 3.8) is 0 Å². The van der Waals surface area contributed by atoms with Crippen molar-refractivity contribution in [3.8, 4) is 5.75 Å². The van der Waals surface area contributed by atoms with E-state index in [0.29, 0.717) is 29.1 Å². The molecule has 3 rings (SSSR count). The first kappa shape index (κ1) is 34.9. The lowest BCUT2D eigenvalue weighted by molar-refractivity contribution is -0.384. The number of benzene rings is 3. The van der Waals surface area contributed by atoms with Gasteiger partial charge in [-0.25, -0.2) is 0 Å². The minimum absolute atomic E-state index is 0.0316. The number of fused-ring (bicyclic) bond motifs is 1. The van der Waals surface area contributed by atoms with Gasteiger partial charge in [-0.3, -0.25) is 10.1 Å². The van der Waals surface area contributed by atoms with Crippen LogP contribution in [0.1, 0.15) is 109 Å². The van der Waals surface area contributed by atoms with E-state index in [9.17, 15) is 15.2 Å². The quantitative estimate of drug-likeness (QED) is 0.0724. The first-order chi connectivity index (χ1) is 21.0. The summed E-state index contributed by atoms with van der Waals surface area (Å²) in [5.41, 5.74) is 5.09. The number of non-ortho nitro benzene ring substituents is 1. The molecular weight excluding hydrogens is 546 g/mol. The Labute approximate surface area is 264 Å². The molecule has 0 aliphatic carbocycles. The fourth-order valence-electron chi connectivity index (χ4n) is 6.01. The fourth-order valence-corrected chi connectivity index (χ4v) is 6.01. The van der Waals surface area contributed by atoms with Crippen LogP contribution in [0.15, 0.2) is 64.3 Å². The molecule has 44 heavy (non-hydrogen) atoms. The molecule has 0 saturated heterocycles. The normalized spacial score (nSPS) is 13.7. The number of hydrogen-bond acceptors (Lipinski definition) is 5. The van der Waals surface area contributed by atoms with Crippen LogP contribution in [0.3, 0.4) is 0 Å². The van der Waals surface area contributed by atoms with Crippen LogP contribution in [-0.2, 0) is 6.42 Å². The second-order valence-corrected chi connectivity index (χ2v) is 13.4. The summed E-state index contributed by atoms with van der Waals surface area (Å²) in [5, 5.41) is 33.0. The van der Waals surface area contributed by atoms with Crippen LogP contribution in [0, 0.1) is 41.7 Å². The molecule has 0 radical (unpaired) electrons. The predicted molar refractivity (Wildman–Crippen MR) is 185 cm³/mol. The third kappa shape index (κ3) is 10.3. The fraction of sp³-hybridized carbons (Fsp3) is 0.526. The highest BCUT2D eigenvalue weighted by Gasteiger charge is 2.16. The van der Waals surface area contributed by atoms with Gasteiger partial charge >= 0.3 is 0 Å². The molecule has 0 aliphatic heterocycles. The van der Waals surface area contributed by atoms with E-state index in [1.165, 1.54) is 69.1 Å². The number of phenols is 1. The number of nitro groups is 1. The third-order valence-electron chi connectivity index (χ3n) is 8.97. The number of hydrogen-bond donors (Lipinski definition) is 1. The molecule has 1 N–H and O–H groups in total. The minimum Gasteiger partial charge on any atom is -0.507 e. The number of allylic oxidation sites excluding steroid dienone is 2. The molecule has 3 aromatic rings. The van der Waals surface area contributed by atoms with Gasteiger partial charge in [0.1, 0.15) is 5.75 Å². The Hall–Kier alpha value is -3.54. The molecule has 0 spiro atoms. The highest BCUT2D eigenvalue weighted by atomic mass is 16.6. The van der Waals surface area contributed by atoms with E-state index in [4.69, 9.17) is 0 Å². The second-order valence-electron chi connectivity index (χ2n) is 13.4. The SMILES string of the molecule is C/C(=C\Cc1c(C)c(/N=N/c2ccc([N+](=O)[O-])cc2C)c2ccccc2c1O)CCCC(C)CCCC(C)CCCC(C)C. The molecule has 6 nitrogen and oxygen atoms in total. The molecule has 0 amide bonds. The van der Waals surface area contributed by atoms with Crippen LogP contribution in [0.4, 0.5) is 17.1 Å². The summed E-state index contributed by atoms with van der Waals surface area (Å²) < 4.78 is 0. The van der Waals surface area contributed by atoms with E-state index in [2.05, 4.69) is 50.9 Å². The topological polar surface area (TPSA) is 88.1 Å². The van der Waals surface area contributed by atoms with Crippen molar-refractivity contribution in [1.29, 1.82) is 0 Å². The minimum atomic E-state index is -0.411. The maximum absolute atomic E-state index is 11.3. The van der Waals surface area contributed by atoms with E-state index in [0.717, 1.165) is 46.1 Å². The number of rotatable bonds is 17. The Kier molecular flexibility index (Phi) is 13.6.